The Bertz CT molecular complexity index is 1260. The Kier molecular flexibility index (Phi) is 6.40. The summed E-state index contributed by atoms with van der Waals surface area (Å²) in [5, 5.41) is 7.08. The summed E-state index contributed by atoms with van der Waals surface area (Å²) < 4.78 is 40.9. The second-order valence-corrected chi connectivity index (χ2v) is 8.35. The van der Waals surface area contributed by atoms with Crippen LogP contribution in [0, 0.1) is 5.82 Å². The lowest BCUT2D eigenvalue weighted by molar-refractivity contribution is 0.588. The number of pyridine rings is 1. The van der Waals surface area contributed by atoms with Gasteiger partial charge in [-0.3, -0.25) is 4.98 Å². The monoisotopic (exact) mass is 446 g/mol. The van der Waals surface area contributed by atoms with Crippen LogP contribution >= 0.6 is 12.4 Å². The highest BCUT2D eigenvalue weighted by molar-refractivity contribution is 7.90. The summed E-state index contributed by atoms with van der Waals surface area (Å²) in [5.41, 5.74) is 2.81. The molecule has 0 aliphatic rings. The average molecular weight is 447 g/mol. The predicted molar refractivity (Wildman–Crippen MR) is 118 cm³/mol. The molecule has 0 amide bonds. The molecule has 156 valence electrons. The zero-order chi connectivity index (χ0) is 20.4. The van der Waals surface area contributed by atoms with Gasteiger partial charge in [-0.25, -0.2) is 16.8 Å². The summed E-state index contributed by atoms with van der Waals surface area (Å²) in [7, 11) is -2.00. The second-order valence-electron chi connectivity index (χ2n) is 6.54. The SMILES string of the molecule is CNCc1cn(S(=O)(=O)c2cccnc2)c2cc(Nc3ccc(F)cc3)ccc12.Cl. The van der Waals surface area contributed by atoms with Crippen molar-refractivity contribution in [2.24, 2.45) is 0 Å². The predicted octanol–water partition coefficient (Wildman–Crippen LogP) is 4.30. The minimum Gasteiger partial charge on any atom is -0.355 e. The van der Waals surface area contributed by atoms with Gasteiger partial charge in [-0.05, 0) is 61.1 Å². The summed E-state index contributed by atoms with van der Waals surface area (Å²) in [6, 6.07) is 14.6. The van der Waals surface area contributed by atoms with Gasteiger partial charge in [0.15, 0.2) is 0 Å². The number of fused-ring (bicyclic) bond motifs is 1. The number of rotatable bonds is 6. The van der Waals surface area contributed by atoms with Crippen molar-refractivity contribution in [3.8, 4) is 0 Å². The fourth-order valence-electron chi connectivity index (χ4n) is 3.19. The van der Waals surface area contributed by atoms with E-state index in [0.29, 0.717) is 23.4 Å². The molecular formula is C21H20ClFN4O2S. The molecule has 0 aliphatic heterocycles. The van der Waals surface area contributed by atoms with Crippen LogP contribution in [-0.4, -0.2) is 24.4 Å². The third-order valence-electron chi connectivity index (χ3n) is 4.55. The molecule has 4 aromatic rings. The highest BCUT2D eigenvalue weighted by atomic mass is 35.5. The molecule has 30 heavy (non-hydrogen) atoms. The van der Waals surface area contributed by atoms with Gasteiger partial charge in [0.1, 0.15) is 10.7 Å². The first kappa shape index (κ1) is 21.8. The Hall–Kier alpha value is -2.94. The molecule has 0 fully saturated rings. The van der Waals surface area contributed by atoms with Crippen LogP contribution in [0.2, 0.25) is 0 Å². The maximum absolute atomic E-state index is 13.2. The summed E-state index contributed by atoms with van der Waals surface area (Å²) in [5.74, 6) is -0.320. The first-order valence-corrected chi connectivity index (χ1v) is 10.4. The van der Waals surface area contributed by atoms with Crippen molar-refractivity contribution in [2.45, 2.75) is 11.4 Å². The van der Waals surface area contributed by atoms with Gasteiger partial charge in [0.05, 0.1) is 5.52 Å². The molecule has 0 atom stereocenters. The third-order valence-corrected chi connectivity index (χ3v) is 6.20. The van der Waals surface area contributed by atoms with E-state index in [2.05, 4.69) is 15.6 Å². The largest absolute Gasteiger partial charge is 0.355 e. The van der Waals surface area contributed by atoms with Gasteiger partial charge < -0.3 is 10.6 Å². The fourth-order valence-corrected chi connectivity index (χ4v) is 4.53. The molecule has 0 aliphatic carbocycles. The van der Waals surface area contributed by atoms with E-state index in [0.717, 1.165) is 10.9 Å². The number of benzene rings is 2. The van der Waals surface area contributed by atoms with Gasteiger partial charge >= 0.3 is 0 Å². The van der Waals surface area contributed by atoms with Crippen LogP contribution in [0.15, 0.2) is 78.1 Å². The molecule has 2 aromatic carbocycles. The van der Waals surface area contributed by atoms with Crippen LogP contribution < -0.4 is 10.6 Å². The van der Waals surface area contributed by atoms with Crippen molar-refractivity contribution >= 4 is 44.7 Å². The third kappa shape index (κ3) is 4.16. The smallest absolute Gasteiger partial charge is 0.269 e. The number of hydrogen-bond acceptors (Lipinski definition) is 5. The lowest BCUT2D eigenvalue weighted by atomic mass is 10.1. The van der Waals surface area contributed by atoms with Gasteiger partial charge in [-0.1, -0.05) is 6.07 Å². The minimum absolute atomic E-state index is 0. The Morgan fingerprint density at radius 2 is 1.80 bits per heavy atom. The van der Waals surface area contributed by atoms with Crippen LogP contribution in [-0.2, 0) is 16.6 Å². The Balaban J connectivity index is 0.00000256. The van der Waals surface area contributed by atoms with E-state index in [1.807, 2.05) is 19.2 Å². The van der Waals surface area contributed by atoms with Crippen LogP contribution in [0.3, 0.4) is 0 Å². The fraction of sp³-hybridized carbons (Fsp3) is 0.0952. The molecule has 0 unspecified atom stereocenters. The van der Waals surface area contributed by atoms with Crippen LogP contribution in [0.1, 0.15) is 5.56 Å². The lowest BCUT2D eigenvalue weighted by Crippen LogP contribution is -2.12. The normalized spacial score (nSPS) is 11.3. The van der Waals surface area contributed by atoms with Crippen molar-refractivity contribution in [2.75, 3.05) is 12.4 Å². The van der Waals surface area contributed by atoms with Gasteiger partial charge in [-0.2, -0.15) is 0 Å². The zero-order valence-electron chi connectivity index (χ0n) is 16.0. The first-order valence-electron chi connectivity index (χ1n) is 8.96. The number of nitrogens with zero attached hydrogens (tertiary/aromatic N) is 2. The highest BCUT2D eigenvalue weighted by Gasteiger charge is 2.21. The molecule has 0 saturated carbocycles. The minimum atomic E-state index is -3.81. The molecule has 2 aromatic heterocycles. The molecule has 9 heteroatoms. The van der Waals surface area contributed by atoms with Crippen molar-refractivity contribution in [3.05, 3.63) is 84.6 Å². The van der Waals surface area contributed by atoms with Gasteiger partial charge in [0.2, 0.25) is 0 Å². The van der Waals surface area contributed by atoms with E-state index < -0.39 is 10.0 Å². The first-order chi connectivity index (χ1) is 14.0. The quantitative estimate of drug-likeness (QED) is 0.462. The molecule has 6 nitrogen and oxygen atoms in total. The number of hydrogen-bond donors (Lipinski definition) is 2. The Morgan fingerprint density at radius 1 is 1.07 bits per heavy atom. The zero-order valence-corrected chi connectivity index (χ0v) is 17.7. The van der Waals surface area contributed by atoms with E-state index in [9.17, 15) is 12.8 Å². The van der Waals surface area contributed by atoms with Crippen molar-refractivity contribution in [3.63, 3.8) is 0 Å². The number of anilines is 2. The number of nitrogens with one attached hydrogen (secondary N) is 2. The van der Waals surface area contributed by atoms with E-state index >= 15 is 0 Å². The van der Waals surface area contributed by atoms with E-state index in [1.54, 1.807) is 30.5 Å². The van der Waals surface area contributed by atoms with Crippen LogP contribution in [0.4, 0.5) is 15.8 Å². The molecule has 0 radical (unpaired) electrons. The summed E-state index contributed by atoms with van der Waals surface area (Å²) in [6.07, 6.45) is 4.49. The molecule has 4 rings (SSSR count). The highest BCUT2D eigenvalue weighted by Crippen LogP contribution is 2.29. The van der Waals surface area contributed by atoms with E-state index in [1.165, 1.54) is 34.6 Å². The van der Waals surface area contributed by atoms with Crippen molar-refractivity contribution < 1.29 is 12.8 Å². The second kappa shape index (κ2) is 8.83. The molecular weight excluding hydrogens is 427 g/mol. The Labute approximate surface area is 180 Å². The van der Waals surface area contributed by atoms with Gasteiger partial charge in [0, 0.05) is 41.9 Å². The van der Waals surface area contributed by atoms with E-state index in [-0.39, 0.29) is 23.1 Å². The topological polar surface area (TPSA) is 76.0 Å². The number of aromatic nitrogens is 2. The van der Waals surface area contributed by atoms with Gasteiger partial charge in [-0.15, -0.1) is 12.4 Å². The van der Waals surface area contributed by atoms with Gasteiger partial charge in [0.25, 0.3) is 10.0 Å². The summed E-state index contributed by atoms with van der Waals surface area (Å²) in [4.78, 5) is 4.05. The lowest BCUT2D eigenvalue weighted by Gasteiger charge is -2.10. The summed E-state index contributed by atoms with van der Waals surface area (Å²) >= 11 is 0. The summed E-state index contributed by atoms with van der Waals surface area (Å²) in [6.45, 7) is 0.525. The maximum Gasteiger partial charge on any atom is 0.269 e. The van der Waals surface area contributed by atoms with E-state index in [4.69, 9.17) is 0 Å². The van der Waals surface area contributed by atoms with Crippen LogP contribution in [0.25, 0.3) is 10.9 Å². The Morgan fingerprint density at radius 3 is 2.47 bits per heavy atom. The maximum atomic E-state index is 13.2. The van der Waals surface area contributed by atoms with Crippen molar-refractivity contribution in [1.82, 2.24) is 14.3 Å². The molecule has 2 N–H and O–H groups in total. The molecule has 0 bridgehead atoms. The molecule has 2 heterocycles. The standard InChI is InChI=1S/C21H19FN4O2S.ClH/c1-23-12-15-14-26(29(27,28)19-3-2-10-24-13-19)21-11-18(8-9-20(15)21)25-17-6-4-16(22)5-7-17;/h2-11,13-14,23,25H,12H2,1H3;1H. The molecule has 0 spiro atoms. The number of halogens is 2. The molecule has 0 saturated heterocycles. The van der Waals surface area contributed by atoms with Crippen molar-refractivity contribution in [1.29, 1.82) is 0 Å². The van der Waals surface area contributed by atoms with Crippen LogP contribution in [0.5, 0.6) is 0 Å². The average Bonchev–Trinajstić information content (AvgIpc) is 3.09.